The molecule has 0 bridgehead atoms. The molecule has 3 rings (SSSR count). The van der Waals surface area contributed by atoms with Crippen LogP contribution < -0.4 is 5.56 Å². The van der Waals surface area contributed by atoms with Crippen LogP contribution in [0.1, 0.15) is 43.0 Å². The summed E-state index contributed by atoms with van der Waals surface area (Å²) in [6, 6.07) is 7.18. The highest BCUT2D eigenvalue weighted by Crippen LogP contribution is 2.18. The molecule has 3 aromatic rings. The van der Waals surface area contributed by atoms with Crippen LogP contribution in [0.3, 0.4) is 0 Å². The molecule has 158 valence electrons. The maximum absolute atomic E-state index is 13.0. The summed E-state index contributed by atoms with van der Waals surface area (Å²) in [5, 5.41) is 1.29. The number of carbonyl (C=O) groups is 1. The van der Waals surface area contributed by atoms with Crippen molar-refractivity contribution in [2.75, 3.05) is 6.26 Å². The van der Waals surface area contributed by atoms with Gasteiger partial charge in [-0.05, 0) is 58.1 Å². The third kappa shape index (κ3) is 4.87. The number of carbonyl (C=O) groups excluding carboxylic acids is 1. The zero-order valence-corrected chi connectivity index (χ0v) is 18.8. The van der Waals surface area contributed by atoms with Gasteiger partial charge in [0.05, 0.1) is 17.4 Å². The highest BCUT2D eigenvalue weighted by atomic mass is 32.2. The van der Waals surface area contributed by atoms with E-state index in [0.29, 0.717) is 29.6 Å². The van der Waals surface area contributed by atoms with E-state index in [-0.39, 0.29) is 24.1 Å². The van der Waals surface area contributed by atoms with E-state index in [2.05, 4.69) is 19.9 Å². The minimum atomic E-state index is -0.191. The minimum Gasteiger partial charge on any atom is -0.333 e. The number of nitrogens with one attached hydrogen (secondary N) is 1. The Bertz CT molecular complexity index is 1100. The molecule has 0 fully saturated rings. The summed E-state index contributed by atoms with van der Waals surface area (Å²) in [6.07, 6.45) is 2.87. The van der Waals surface area contributed by atoms with Crippen molar-refractivity contribution in [2.24, 2.45) is 0 Å². The largest absolute Gasteiger partial charge is 0.333 e. The van der Waals surface area contributed by atoms with Gasteiger partial charge in [-0.25, -0.2) is 15.0 Å². The fourth-order valence-corrected chi connectivity index (χ4v) is 3.92. The van der Waals surface area contributed by atoms with Gasteiger partial charge in [0.25, 0.3) is 5.56 Å². The van der Waals surface area contributed by atoms with Gasteiger partial charge in [0, 0.05) is 23.9 Å². The molecule has 0 aliphatic heterocycles. The molecule has 1 amide bonds. The van der Waals surface area contributed by atoms with Crippen molar-refractivity contribution in [3.05, 3.63) is 57.4 Å². The number of thioether (sulfide) groups is 1. The molecule has 7 nitrogen and oxygen atoms in total. The Morgan fingerprint density at radius 3 is 2.43 bits per heavy atom. The summed E-state index contributed by atoms with van der Waals surface area (Å²) >= 11 is 1.51. The predicted octanol–water partition coefficient (Wildman–Crippen LogP) is 3.42. The molecule has 0 radical (unpaired) electrons. The van der Waals surface area contributed by atoms with Gasteiger partial charge >= 0.3 is 0 Å². The predicted molar refractivity (Wildman–Crippen MR) is 120 cm³/mol. The first-order valence-electron chi connectivity index (χ1n) is 9.95. The molecule has 0 spiro atoms. The molecule has 2 heterocycles. The summed E-state index contributed by atoms with van der Waals surface area (Å²) in [5.74, 6) is 0.495. The number of fused-ring (bicyclic) bond motifs is 1. The monoisotopic (exact) mass is 425 g/mol. The third-order valence-corrected chi connectivity index (χ3v) is 5.65. The van der Waals surface area contributed by atoms with Crippen molar-refractivity contribution in [3.63, 3.8) is 0 Å². The van der Waals surface area contributed by atoms with Crippen LogP contribution in [0.15, 0.2) is 34.2 Å². The van der Waals surface area contributed by atoms with Crippen LogP contribution in [0.25, 0.3) is 10.9 Å². The third-order valence-electron chi connectivity index (χ3n) is 5.10. The van der Waals surface area contributed by atoms with E-state index in [4.69, 9.17) is 0 Å². The molecule has 0 saturated carbocycles. The van der Waals surface area contributed by atoms with Gasteiger partial charge in [-0.15, -0.1) is 0 Å². The summed E-state index contributed by atoms with van der Waals surface area (Å²) in [4.78, 5) is 43.4. The molecule has 0 aliphatic carbocycles. The van der Waals surface area contributed by atoms with Crippen molar-refractivity contribution in [1.82, 2.24) is 24.8 Å². The highest BCUT2D eigenvalue weighted by Gasteiger charge is 2.20. The molecule has 8 heteroatoms. The number of H-pyrrole nitrogens is 1. The van der Waals surface area contributed by atoms with E-state index in [9.17, 15) is 9.59 Å². The molecule has 2 aromatic heterocycles. The van der Waals surface area contributed by atoms with Gasteiger partial charge in [-0.2, -0.15) is 0 Å². The molecule has 30 heavy (non-hydrogen) atoms. The SMILES string of the molecule is CSc1nc(C)c(CCC(=O)N(Cc2nc3ccccc3c(=O)[nH]2)C(C)C)c(C)n1. The minimum absolute atomic E-state index is 0.00792. The Kier molecular flexibility index (Phi) is 6.87. The number of rotatable bonds is 7. The number of hydrogen-bond acceptors (Lipinski definition) is 6. The summed E-state index contributed by atoms with van der Waals surface area (Å²) in [5.41, 5.74) is 3.28. The second kappa shape index (κ2) is 9.38. The van der Waals surface area contributed by atoms with Crippen molar-refractivity contribution in [2.45, 2.75) is 58.3 Å². The van der Waals surface area contributed by atoms with Gasteiger partial charge in [0.2, 0.25) is 5.91 Å². The van der Waals surface area contributed by atoms with E-state index in [1.165, 1.54) is 11.8 Å². The zero-order valence-electron chi connectivity index (χ0n) is 18.0. The van der Waals surface area contributed by atoms with Crippen LogP contribution in [-0.2, 0) is 17.8 Å². The fourth-order valence-electron chi connectivity index (χ4n) is 3.47. The van der Waals surface area contributed by atoms with Crippen LogP contribution in [-0.4, -0.2) is 43.0 Å². The Labute approximate surface area is 180 Å². The van der Waals surface area contributed by atoms with Gasteiger partial charge < -0.3 is 9.88 Å². The van der Waals surface area contributed by atoms with Crippen LogP contribution in [0, 0.1) is 13.8 Å². The van der Waals surface area contributed by atoms with E-state index in [1.807, 2.05) is 46.1 Å². The van der Waals surface area contributed by atoms with Gasteiger partial charge in [0.15, 0.2) is 5.16 Å². The van der Waals surface area contributed by atoms with Crippen molar-refractivity contribution >= 4 is 28.6 Å². The molecular weight excluding hydrogens is 398 g/mol. The van der Waals surface area contributed by atoms with Gasteiger partial charge in [-0.3, -0.25) is 9.59 Å². The topological polar surface area (TPSA) is 91.8 Å². The lowest BCUT2D eigenvalue weighted by molar-refractivity contribution is -0.133. The Hall–Kier alpha value is -2.74. The first-order chi connectivity index (χ1) is 14.3. The summed E-state index contributed by atoms with van der Waals surface area (Å²) in [7, 11) is 0. The summed E-state index contributed by atoms with van der Waals surface area (Å²) < 4.78 is 0. The fraction of sp³-hybridized carbons (Fsp3) is 0.409. The van der Waals surface area contributed by atoms with Gasteiger partial charge in [-0.1, -0.05) is 23.9 Å². The van der Waals surface area contributed by atoms with Crippen LogP contribution in [0.5, 0.6) is 0 Å². The maximum Gasteiger partial charge on any atom is 0.258 e. The van der Waals surface area contributed by atoms with Crippen molar-refractivity contribution in [1.29, 1.82) is 0 Å². The number of nitrogens with zero attached hydrogens (tertiary/aromatic N) is 4. The molecule has 1 aromatic carbocycles. The standard InChI is InChI=1S/C22H27N5O2S/c1-13(2)27(12-19-25-18-9-7-6-8-17(18)21(29)26-19)20(28)11-10-16-14(3)23-22(30-5)24-15(16)4/h6-9,13H,10-12H2,1-5H3,(H,25,26,29). The average molecular weight is 426 g/mol. The van der Waals surface area contributed by atoms with Crippen molar-refractivity contribution in [3.8, 4) is 0 Å². The highest BCUT2D eigenvalue weighted by molar-refractivity contribution is 7.98. The zero-order chi connectivity index (χ0) is 21.8. The lowest BCUT2D eigenvalue weighted by Gasteiger charge is -2.26. The second-order valence-electron chi connectivity index (χ2n) is 7.50. The summed E-state index contributed by atoms with van der Waals surface area (Å²) in [6.45, 7) is 8.10. The number of aromatic amines is 1. The van der Waals surface area contributed by atoms with E-state index in [0.717, 1.165) is 22.1 Å². The van der Waals surface area contributed by atoms with Crippen LogP contribution in [0.4, 0.5) is 0 Å². The van der Waals surface area contributed by atoms with E-state index < -0.39 is 0 Å². The van der Waals surface area contributed by atoms with E-state index in [1.54, 1.807) is 17.0 Å². The van der Waals surface area contributed by atoms with Crippen molar-refractivity contribution < 1.29 is 4.79 Å². The number of para-hydroxylation sites is 1. The lowest BCUT2D eigenvalue weighted by Crippen LogP contribution is -2.37. The van der Waals surface area contributed by atoms with Crippen LogP contribution in [0.2, 0.25) is 0 Å². The Morgan fingerprint density at radius 2 is 1.80 bits per heavy atom. The molecule has 0 atom stereocenters. The second-order valence-corrected chi connectivity index (χ2v) is 8.28. The van der Waals surface area contributed by atoms with E-state index >= 15 is 0 Å². The number of benzene rings is 1. The smallest absolute Gasteiger partial charge is 0.258 e. The Balaban J connectivity index is 1.77. The number of aryl methyl sites for hydroxylation is 2. The normalized spacial score (nSPS) is 11.3. The Morgan fingerprint density at radius 1 is 1.13 bits per heavy atom. The molecule has 0 aliphatic rings. The molecular formula is C22H27N5O2S. The first kappa shape index (κ1) is 22.0. The number of hydrogen-bond donors (Lipinski definition) is 1. The first-order valence-corrected chi connectivity index (χ1v) is 11.2. The number of amides is 1. The molecule has 0 saturated heterocycles. The molecule has 0 unspecified atom stereocenters. The molecule has 1 N–H and O–H groups in total. The quantitative estimate of drug-likeness (QED) is 0.461. The van der Waals surface area contributed by atoms with Gasteiger partial charge in [0.1, 0.15) is 5.82 Å². The van der Waals surface area contributed by atoms with Crippen LogP contribution >= 0.6 is 11.8 Å². The lowest BCUT2D eigenvalue weighted by atomic mass is 10.1. The maximum atomic E-state index is 13.0. The average Bonchev–Trinajstić information content (AvgIpc) is 2.70. The number of aromatic nitrogens is 4.